The highest BCUT2D eigenvalue weighted by molar-refractivity contribution is 5.79. The summed E-state index contributed by atoms with van der Waals surface area (Å²) in [4.78, 5) is 27.2. The Kier molecular flexibility index (Phi) is 7.50. The predicted octanol–water partition coefficient (Wildman–Crippen LogP) is 4.41. The number of rotatable bonds is 9. The van der Waals surface area contributed by atoms with Crippen molar-refractivity contribution in [2.75, 3.05) is 19.7 Å². The number of carbonyl (C=O) groups is 2. The van der Waals surface area contributed by atoms with Crippen molar-refractivity contribution < 1.29 is 18.7 Å². The van der Waals surface area contributed by atoms with Gasteiger partial charge >= 0.3 is 5.97 Å². The monoisotopic (exact) mass is 397 g/mol. The topological polar surface area (TPSA) is 59.8 Å². The van der Waals surface area contributed by atoms with Crippen molar-refractivity contribution in [2.24, 2.45) is 5.41 Å². The Hall–Kier alpha value is -2.56. The fraction of sp³-hybridized carbons (Fsp3) is 0.500. The summed E-state index contributed by atoms with van der Waals surface area (Å²) in [5, 5.41) is 0. The number of ether oxygens (including phenoxy) is 1. The van der Waals surface area contributed by atoms with Crippen LogP contribution in [-0.2, 0) is 27.2 Å². The maximum Gasteiger partial charge on any atom is 0.312 e. The molecule has 1 aliphatic heterocycles. The van der Waals surface area contributed by atoms with Crippen molar-refractivity contribution in [3.05, 3.63) is 60.1 Å². The molecular weight excluding hydrogens is 366 g/mol. The van der Waals surface area contributed by atoms with Gasteiger partial charge in [0.25, 0.3) is 0 Å². The molecule has 1 aliphatic rings. The Bertz CT molecular complexity index is 761. The van der Waals surface area contributed by atoms with Gasteiger partial charge in [-0.2, -0.15) is 0 Å². The van der Waals surface area contributed by atoms with Crippen LogP contribution in [0.1, 0.15) is 50.4 Å². The first kappa shape index (κ1) is 21.2. The number of amides is 1. The average Bonchev–Trinajstić information content (AvgIpc) is 3.27. The molecule has 156 valence electrons. The van der Waals surface area contributed by atoms with Crippen molar-refractivity contribution in [2.45, 2.75) is 51.9 Å². The number of hydrogen-bond acceptors (Lipinski definition) is 4. The van der Waals surface area contributed by atoms with E-state index >= 15 is 0 Å². The van der Waals surface area contributed by atoms with E-state index in [9.17, 15) is 9.59 Å². The van der Waals surface area contributed by atoms with Crippen molar-refractivity contribution in [1.82, 2.24) is 4.90 Å². The molecule has 29 heavy (non-hydrogen) atoms. The van der Waals surface area contributed by atoms with Crippen LogP contribution in [0, 0.1) is 5.41 Å². The number of likely N-dealkylation sites (tertiary alicyclic amines) is 1. The van der Waals surface area contributed by atoms with Gasteiger partial charge in [0.2, 0.25) is 5.91 Å². The molecule has 0 N–H and O–H groups in total. The van der Waals surface area contributed by atoms with E-state index in [0.29, 0.717) is 45.4 Å². The lowest BCUT2D eigenvalue weighted by atomic mass is 9.74. The SMILES string of the molecule is CCOC(=O)C1(CCCc2ccccc2)CCN(C(=O)CCc2ccco2)CC1. The first-order valence-corrected chi connectivity index (χ1v) is 10.6. The molecule has 5 nitrogen and oxygen atoms in total. The van der Waals surface area contributed by atoms with E-state index in [1.165, 1.54) is 5.56 Å². The van der Waals surface area contributed by atoms with E-state index in [2.05, 4.69) is 12.1 Å². The molecule has 2 aromatic rings. The first-order valence-electron chi connectivity index (χ1n) is 10.6. The van der Waals surface area contributed by atoms with Gasteiger partial charge in [-0.3, -0.25) is 9.59 Å². The molecule has 1 aromatic heterocycles. The maximum atomic E-state index is 12.8. The molecule has 0 atom stereocenters. The quantitative estimate of drug-likeness (QED) is 0.588. The van der Waals surface area contributed by atoms with Gasteiger partial charge in [-0.1, -0.05) is 30.3 Å². The fourth-order valence-corrected chi connectivity index (χ4v) is 4.14. The Labute approximate surface area is 173 Å². The van der Waals surface area contributed by atoms with Crippen LogP contribution in [0.5, 0.6) is 0 Å². The number of piperidine rings is 1. The number of benzene rings is 1. The largest absolute Gasteiger partial charge is 0.469 e. The summed E-state index contributed by atoms with van der Waals surface area (Å²) < 4.78 is 10.7. The highest BCUT2D eigenvalue weighted by Gasteiger charge is 2.42. The van der Waals surface area contributed by atoms with Crippen molar-refractivity contribution in [1.29, 1.82) is 0 Å². The predicted molar refractivity (Wildman–Crippen MR) is 111 cm³/mol. The van der Waals surface area contributed by atoms with Crippen LogP contribution in [0.25, 0.3) is 0 Å². The lowest BCUT2D eigenvalue weighted by Crippen LogP contribution is -2.47. The van der Waals surface area contributed by atoms with E-state index in [0.717, 1.165) is 25.0 Å². The Balaban J connectivity index is 1.54. The molecule has 0 unspecified atom stereocenters. The van der Waals surface area contributed by atoms with Crippen molar-refractivity contribution in [3.8, 4) is 0 Å². The summed E-state index contributed by atoms with van der Waals surface area (Å²) in [7, 11) is 0. The molecule has 0 radical (unpaired) electrons. The van der Waals surface area contributed by atoms with Gasteiger partial charge in [-0.25, -0.2) is 0 Å². The van der Waals surface area contributed by atoms with Gasteiger partial charge in [0, 0.05) is 25.9 Å². The number of nitrogens with zero attached hydrogens (tertiary/aromatic N) is 1. The number of hydrogen-bond donors (Lipinski definition) is 0. The third-order valence-corrected chi connectivity index (χ3v) is 5.91. The van der Waals surface area contributed by atoms with E-state index in [4.69, 9.17) is 9.15 Å². The molecule has 1 aromatic carbocycles. The van der Waals surface area contributed by atoms with Gasteiger partial charge in [0.1, 0.15) is 5.76 Å². The molecule has 0 saturated carbocycles. The van der Waals surface area contributed by atoms with Crippen LogP contribution in [0.3, 0.4) is 0 Å². The zero-order chi connectivity index (χ0) is 20.5. The van der Waals surface area contributed by atoms with Crippen LogP contribution in [-0.4, -0.2) is 36.5 Å². The summed E-state index contributed by atoms with van der Waals surface area (Å²) in [5.74, 6) is 0.857. The van der Waals surface area contributed by atoms with Crippen LogP contribution in [0.4, 0.5) is 0 Å². The van der Waals surface area contributed by atoms with Crippen LogP contribution < -0.4 is 0 Å². The summed E-state index contributed by atoms with van der Waals surface area (Å²) in [6, 6.07) is 14.1. The van der Waals surface area contributed by atoms with Gasteiger partial charge < -0.3 is 14.1 Å². The summed E-state index contributed by atoms with van der Waals surface area (Å²) in [6.45, 7) is 3.47. The molecular formula is C24H31NO4. The second-order valence-corrected chi connectivity index (χ2v) is 7.80. The minimum absolute atomic E-state index is 0.101. The number of esters is 1. The lowest BCUT2D eigenvalue weighted by Gasteiger charge is -2.40. The Morgan fingerprint density at radius 1 is 1.07 bits per heavy atom. The molecule has 0 spiro atoms. The third kappa shape index (κ3) is 5.72. The number of carbonyl (C=O) groups excluding carboxylic acids is 2. The number of furan rings is 1. The molecule has 0 aliphatic carbocycles. The van der Waals surface area contributed by atoms with E-state index in [1.807, 2.05) is 42.2 Å². The van der Waals surface area contributed by atoms with Gasteiger partial charge in [0.15, 0.2) is 0 Å². The second-order valence-electron chi connectivity index (χ2n) is 7.80. The van der Waals surface area contributed by atoms with Crippen molar-refractivity contribution in [3.63, 3.8) is 0 Å². The summed E-state index contributed by atoms with van der Waals surface area (Å²) >= 11 is 0. The van der Waals surface area contributed by atoms with E-state index in [1.54, 1.807) is 6.26 Å². The lowest BCUT2D eigenvalue weighted by molar-refractivity contribution is -0.161. The summed E-state index contributed by atoms with van der Waals surface area (Å²) in [5.41, 5.74) is 0.819. The average molecular weight is 398 g/mol. The van der Waals surface area contributed by atoms with Gasteiger partial charge in [0.05, 0.1) is 18.3 Å². The summed E-state index contributed by atoms with van der Waals surface area (Å²) in [6.07, 6.45) is 6.72. The van der Waals surface area contributed by atoms with Crippen molar-refractivity contribution >= 4 is 11.9 Å². The normalized spacial score (nSPS) is 15.8. The zero-order valence-electron chi connectivity index (χ0n) is 17.3. The minimum Gasteiger partial charge on any atom is -0.469 e. The zero-order valence-corrected chi connectivity index (χ0v) is 17.3. The highest BCUT2D eigenvalue weighted by atomic mass is 16.5. The Morgan fingerprint density at radius 3 is 2.48 bits per heavy atom. The smallest absolute Gasteiger partial charge is 0.312 e. The van der Waals surface area contributed by atoms with E-state index < -0.39 is 5.41 Å². The molecule has 3 rings (SSSR count). The van der Waals surface area contributed by atoms with Gasteiger partial charge in [-0.05, 0) is 56.7 Å². The first-order chi connectivity index (χ1) is 14.1. The molecule has 1 amide bonds. The third-order valence-electron chi connectivity index (χ3n) is 5.91. The van der Waals surface area contributed by atoms with Crippen LogP contribution in [0.2, 0.25) is 0 Å². The molecule has 1 saturated heterocycles. The molecule has 5 heteroatoms. The highest BCUT2D eigenvalue weighted by Crippen LogP contribution is 2.38. The van der Waals surface area contributed by atoms with Crippen LogP contribution in [0.15, 0.2) is 53.1 Å². The minimum atomic E-state index is -0.470. The maximum absolute atomic E-state index is 12.8. The fourth-order valence-electron chi connectivity index (χ4n) is 4.14. The van der Waals surface area contributed by atoms with Crippen LogP contribution >= 0.6 is 0 Å². The molecule has 1 fully saturated rings. The number of aryl methyl sites for hydroxylation is 2. The van der Waals surface area contributed by atoms with E-state index in [-0.39, 0.29) is 11.9 Å². The molecule has 0 bridgehead atoms. The molecule has 2 heterocycles. The Morgan fingerprint density at radius 2 is 1.83 bits per heavy atom. The standard InChI is InChI=1S/C24H31NO4/c1-2-28-23(27)24(14-6-10-20-8-4-3-5-9-20)15-17-25(18-16-24)22(26)13-12-21-11-7-19-29-21/h3-5,7-9,11,19H,2,6,10,12-18H2,1H3. The second kappa shape index (κ2) is 10.3. The van der Waals surface area contributed by atoms with Gasteiger partial charge in [-0.15, -0.1) is 0 Å².